The number of aliphatic hydroxyl groups is 1. The molecule has 1 aromatic heterocycles. The first-order valence-electron chi connectivity index (χ1n) is 12.4. The molecule has 2 aromatic rings. The Labute approximate surface area is 196 Å². The van der Waals surface area contributed by atoms with Crippen molar-refractivity contribution in [3.05, 3.63) is 53.0 Å². The monoisotopic (exact) mass is 449 g/mol. The van der Waals surface area contributed by atoms with E-state index in [0.717, 1.165) is 82.5 Å². The van der Waals surface area contributed by atoms with E-state index in [-0.39, 0.29) is 12.0 Å². The second-order valence-corrected chi connectivity index (χ2v) is 9.84. The highest BCUT2D eigenvalue weighted by Crippen LogP contribution is 2.26. The summed E-state index contributed by atoms with van der Waals surface area (Å²) >= 11 is 0. The normalized spacial score (nSPS) is 22.7. The van der Waals surface area contributed by atoms with E-state index in [1.54, 1.807) is 0 Å². The first-order chi connectivity index (χ1) is 16.1. The molecule has 1 unspecified atom stereocenters. The lowest BCUT2D eigenvalue weighted by atomic mass is 9.88. The van der Waals surface area contributed by atoms with E-state index >= 15 is 0 Å². The molecule has 1 aliphatic carbocycles. The predicted octanol–water partition coefficient (Wildman–Crippen LogP) is 2.82. The first-order valence-corrected chi connectivity index (χ1v) is 12.4. The van der Waals surface area contributed by atoms with Crippen LogP contribution in [0.4, 0.5) is 5.82 Å². The molecule has 5 rings (SSSR count). The van der Waals surface area contributed by atoms with Gasteiger partial charge in [0.15, 0.2) is 0 Å². The minimum atomic E-state index is -0.144. The molecule has 2 N–H and O–H groups in total. The number of fused-ring (bicyclic) bond motifs is 1. The molecule has 176 valence electrons. The summed E-state index contributed by atoms with van der Waals surface area (Å²) in [5, 5.41) is 13.4. The molecule has 7 nitrogen and oxygen atoms in total. The van der Waals surface area contributed by atoms with Crippen LogP contribution in [0.1, 0.15) is 59.3 Å². The molecule has 0 radical (unpaired) electrons. The van der Waals surface area contributed by atoms with Gasteiger partial charge in [-0.25, -0.2) is 9.97 Å². The van der Waals surface area contributed by atoms with Gasteiger partial charge in [0, 0.05) is 43.8 Å². The highest BCUT2D eigenvalue weighted by molar-refractivity contribution is 5.94. The number of nitrogens with zero attached hydrogens (tertiary/aromatic N) is 4. The van der Waals surface area contributed by atoms with Crippen LogP contribution in [0, 0.1) is 6.92 Å². The van der Waals surface area contributed by atoms with Gasteiger partial charge < -0.3 is 20.2 Å². The van der Waals surface area contributed by atoms with Crippen molar-refractivity contribution in [2.75, 3.05) is 31.5 Å². The number of hydrogen-bond acceptors (Lipinski definition) is 6. The summed E-state index contributed by atoms with van der Waals surface area (Å²) in [7, 11) is 0. The van der Waals surface area contributed by atoms with Crippen molar-refractivity contribution in [2.45, 2.75) is 70.1 Å². The minimum Gasteiger partial charge on any atom is -0.393 e. The third-order valence-electron chi connectivity index (χ3n) is 7.74. The highest BCUT2D eigenvalue weighted by atomic mass is 16.3. The number of aryl methyl sites for hydroxylation is 1. The predicted molar refractivity (Wildman–Crippen MR) is 128 cm³/mol. The zero-order valence-electron chi connectivity index (χ0n) is 19.5. The Hall–Kier alpha value is -2.51. The zero-order chi connectivity index (χ0) is 22.8. The maximum Gasteiger partial charge on any atom is 0.272 e. The van der Waals surface area contributed by atoms with E-state index in [1.165, 1.54) is 17.5 Å². The van der Waals surface area contributed by atoms with Crippen molar-refractivity contribution in [1.29, 1.82) is 0 Å². The van der Waals surface area contributed by atoms with Gasteiger partial charge >= 0.3 is 0 Å². The Morgan fingerprint density at radius 3 is 2.48 bits per heavy atom. The van der Waals surface area contributed by atoms with Crippen molar-refractivity contribution >= 4 is 11.7 Å². The number of amides is 1. The largest absolute Gasteiger partial charge is 0.393 e. The van der Waals surface area contributed by atoms with Crippen LogP contribution in [-0.4, -0.2) is 75.1 Å². The number of aromatic nitrogens is 2. The second-order valence-electron chi connectivity index (χ2n) is 9.84. The van der Waals surface area contributed by atoms with Crippen molar-refractivity contribution in [3.8, 4) is 0 Å². The van der Waals surface area contributed by atoms with Crippen LogP contribution >= 0.6 is 0 Å². The zero-order valence-corrected chi connectivity index (χ0v) is 19.5. The average molecular weight is 450 g/mol. The maximum absolute atomic E-state index is 13.3. The number of benzene rings is 1. The van der Waals surface area contributed by atoms with Gasteiger partial charge in [-0.15, -0.1) is 0 Å². The van der Waals surface area contributed by atoms with Gasteiger partial charge in [-0.05, 0) is 63.0 Å². The smallest absolute Gasteiger partial charge is 0.272 e. The van der Waals surface area contributed by atoms with Gasteiger partial charge in [0.2, 0.25) is 0 Å². The van der Waals surface area contributed by atoms with Crippen LogP contribution < -0.4 is 5.32 Å². The number of hydrogen-bond donors (Lipinski definition) is 2. The average Bonchev–Trinajstić information content (AvgIpc) is 2.85. The summed E-state index contributed by atoms with van der Waals surface area (Å²) in [6.07, 6.45) is 8.17. The first kappa shape index (κ1) is 22.3. The minimum absolute atomic E-state index is 0.0134. The topological polar surface area (TPSA) is 81.6 Å². The molecule has 3 heterocycles. The molecule has 2 saturated heterocycles. The summed E-state index contributed by atoms with van der Waals surface area (Å²) in [6.45, 7) is 5.40. The quantitative estimate of drug-likeness (QED) is 0.747. The van der Waals surface area contributed by atoms with Crippen molar-refractivity contribution in [2.24, 2.45) is 0 Å². The molecular formula is C26H35N5O2. The summed E-state index contributed by atoms with van der Waals surface area (Å²) < 4.78 is 0. The Morgan fingerprint density at radius 1 is 1.00 bits per heavy atom. The van der Waals surface area contributed by atoms with Crippen molar-refractivity contribution in [1.82, 2.24) is 19.8 Å². The molecule has 3 aliphatic rings. The SMILES string of the molecule is Cc1c(NC2CCc3ccccc3C2)ncnc1C(=O)N1CCC(N2CCC(O)CC2)CC1. The number of likely N-dealkylation sites (tertiary alicyclic amines) is 2. The molecule has 7 heteroatoms. The van der Waals surface area contributed by atoms with Gasteiger partial charge in [0.25, 0.3) is 5.91 Å². The highest BCUT2D eigenvalue weighted by Gasteiger charge is 2.31. The Kier molecular flexibility index (Phi) is 6.60. The lowest BCUT2D eigenvalue weighted by Gasteiger charge is -2.41. The lowest BCUT2D eigenvalue weighted by Crippen LogP contribution is -2.49. The van der Waals surface area contributed by atoms with Crippen molar-refractivity contribution in [3.63, 3.8) is 0 Å². The van der Waals surface area contributed by atoms with E-state index < -0.39 is 0 Å². The maximum atomic E-state index is 13.3. The lowest BCUT2D eigenvalue weighted by molar-refractivity contribution is 0.0355. The van der Waals surface area contributed by atoms with Crippen LogP contribution in [0.3, 0.4) is 0 Å². The van der Waals surface area contributed by atoms with Crippen LogP contribution in [-0.2, 0) is 12.8 Å². The van der Waals surface area contributed by atoms with E-state index in [1.807, 2.05) is 11.8 Å². The fraction of sp³-hybridized carbons (Fsp3) is 0.577. The number of aliphatic hydroxyl groups excluding tert-OH is 1. The van der Waals surface area contributed by atoms with Gasteiger partial charge in [-0.3, -0.25) is 4.79 Å². The fourth-order valence-electron chi connectivity index (χ4n) is 5.66. The van der Waals surface area contributed by atoms with Crippen LogP contribution in [0.2, 0.25) is 0 Å². The third-order valence-corrected chi connectivity index (χ3v) is 7.74. The summed E-state index contributed by atoms with van der Waals surface area (Å²) in [6, 6.07) is 9.47. The Morgan fingerprint density at radius 2 is 1.73 bits per heavy atom. The van der Waals surface area contributed by atoms with E-state index in [0.29, 0.717) is 17.8 Å². The van der Waals surface area contributed by atoms with Gasteiger partial charge in [0.1, 0.15) is 17.8 Å². The van der Waals surface area contributed by atoms with Crippen LogP contribution in [0.5, 0.6) is 0 Å². The summed E-state index contributed by atoms with van der Waals surface area (Å²) in [5.41, 5.74) is 4.20. The number of carbonyl (C=O) groups is 1. The van der Waals surface area contributed by atoms with E-state index in [4.69, 9.17) is 0 Å². The van der Waals surface area contributed by atoms with Gasteiger partial charge in [0.05, 0.1) is 6.10 Å². The number of nitrogens with one attached hydrogen (secondary N) is 1. The van der Waals surface area contributed by atoms with Crippen LogP contribution in [0.25, 0.3) is 0 Å². The Balaban J connectivity index is 1.21. The molecule has 33 heavy (non-hydrogen) atoms. The molecule has 1 amide bonds. The molecular weight excluding hydrogens is 414 g/mol. The Bertz CT molecular complexity index is 980. The molecule has 2 aliphatic heterocycles. The number of rotatable bonds is 4. The molecule has 0 bridgehead atoms. The third kappa shape index (κ3) is 4.89. The van der Waals surface area contributed by atoms with Gasteiger partial charge in [-0.2, -0.15) is 0 Å². The van der Waals surface area contributed by atoms with E-state index in [9.17, 15) is 9.90 Å². The molecule has 1 aromatic carbocycles. The number of piperidine rings is 2. The summed E-state index contributed by atoms with van der Waals surface area (Å²) in [4.78, 5) is 26.6. The summed E-state index contributed by atoms with van der Waals surface area (Å²) in [5.74, 6) is 0.791. The standard InChI is InChI=1S/C26H35N5O2/c1-18-24(26(33)31-12-8-22(9-13-31)30-14-10-23(32)11-15-30)27-17-28-25(18)29-21-7-6-19-4-2-3-5-20(19)16-21/h2-5,17,21-23,32H,6-16H2,1H3,(H,27,28,29). The van der Waals surface area contributed by atoms with Crippen LogP contribution in [0.15, 0.2) is 30.6 Å². The van der Waals surface area contributed by atoms with E-state index in [2.05, 4.69) is 44.5 Å². The molecule has 0 spiro atoms. The number of carbonyl (C=O) groups excluding carboxylic acids is 1. The fourth-order valence-corrected chi connectivity index (χ4v) is 5.66. The molecule has 2 fully saturated rings. The molecule has 0 saturated carbocycles. The number of anilines is 1. The molecule has 1 atom stereocenters. The van der Waals surface area contributed by atoms with Gasteiger partial charge in [-0.1, -0.05) is 24.3 Å². The van der Waals surface area contributed by atoms with Crippen molar-refractivity contribution < 1.29 is 9.90 Å². The second kappa shape index (κ2) is 9.77.